The van der Waals surface area contributed by atoms with E-state index < -0.39 is 0 Å². The third kappa shape index (κ3) is 3.90. The summed E-state index contributed by atoms with van der Waals surface area (Å²) in [6.07, 6.45) is 1.18. The Morgan fingerprint density at radius 1 is 1.26 bits per heavy atom. The maximum atomic E-state index is 12.5. The maximum absolute atomic E-state index is 12.5. The first-order valence-electron chi connectivity index (χ1n) is 9.44. The molecule has 6 heteroatoms. The van der Waals surface area contributed by atoms with Gasteiger partial charge in [0, 0.05) is 42.6 Å². The number of hydrogen-bond acceptors (Lipinski definition) is 4. The minimum absolute atomic E-state index is 0.0189. The highest BCUT2D eigenvalue weighted by Crippen LogP contribution is 2.21. The largest absolute Gasteiger partial charge is 0.379 e. The van der Waals surface area contributed by atoms with Gasteiger partial charge in [0.15, 0.2) is 0 Å². The van der Waals surface area contributed by atoms with Crippen LogP contribution in [-0.2, 0) is 22.5 Å². The van der Waals surface area contributed by atoms with Crippen molar-refractivity contribution in [2.45, 2.75) is 39.3 Å². The zero-order valence-electron chi connectivity index (χ0n) is 15.8. The molecule has 142 valence electrons. The van der Waals surface area contributed by atoms with Crippen molar-refractivity contribution in [1.82, 2.24) is 15.0 Å². The number of aromatic nitrogens is 2. The van der Waals surface area contributed by atoms with Crippen LogP contribution in [0.25, 0.3) is 10.9 Å². The highest BCUT2D eigenvalue weighted by Gasteiger charge is 2.30. The lowest BCUT2D eigenvalue weighted by atomic mass is 9.98. The Hall–Kier alpha value is -2.60. The molecule has 0 unspecified atom stereocenters. The SMILES string of the molecule is Cc1cc(C[C@@H]2COC[C@@H]2NC(=O)CCn2c(C)cc3ccccc32)on1. The molecule has 1 aromatic carbocycles. The molecule has 2 atom stereocenters. The van der Waals surface area contributed by atoms with Gasteiger partial charge < -0.3 is 19.1 Å². The normalized spacial score (nSPS) is 19.6. The summed E-state index contributed by atoms with van der Waals surface area (Å²) in [6, 6.07) is 12.4. The summed E-state index contributed by atoms with van der Waals surface area (Å²) in [5.41, 5.74) is 3.22. The molecular weight excluding hydrogens is 342 g/mol. The van der Waals surface area contributed by atoms with Gasteiger partial charge in [-0.3, -0.25) is 4.79 Å². The van der Waals surface area contributed by atoms with E-state index in [0.717, 1.165) is 17.9 Å². The van der Waals surface area contributed by atoms with Crippen molar-refractivity contribution in [2.75, 3.05) is 13.2 Å². The van der Waals surface area contributed by atoms with Gasteiger partial charge >= 0.3 is 0 Å². The first kappa shape index (κ1) is 17.8. The second-order valence-electron chi connectivity index (χ2n) is 7.36. The van der Waals surface area contributed by atoms with Crippen molar-refractivity contribution in [3.8, 4) is 0 Å². The number of rotatable bonds is 6. The van der Waals surface area contributed by atoms with Gasteiger partial charge in [0.25, 0.3) is 0 Å². The number of ether oxygens (including phenoxy) is 1. The van der Waals surface area contributed by atoms with E-state index in [1.165, 1.54) is 16.6 Å². The average Bonchev–Trinajstić information content (AvgIpc) is 3.33. The lowest BCUT2D eigenvalue weighted by Crippen LogP contribution is -2.40. The highest BCUT2D eigenvalue weighted by atomic mass is 16.5. The quantitative estimate of drug-likeness (QED) is 0.727. The van der Waals surface area contributed by atoms with Crippen molar-refractivity contribution >= 4 is 16.8 Å². The molecule has 1 aliphatic rings. The van der Waals surface area contributed by atoms with E-state index in [2.05, 4.69) is 40.2 Å². The first-order chi connectivity index (χ1) is 13.1. The molecule has 0 saturated carbocycles. The van der Waals surface area contributed by atoms with Gasteiger partial charge in [0.2, 0.25) is 5.91 Å². The smallest absolute Gasteiger partial charge is 0.222 e. The minimum Gasteiger partial charge on any atom is -0.379 e. The van der Waals surface area contributed by atoms with Crippen molar-refractivity contribution in [1.29, 1.82) is 0 Å². The van der Waals surface area contributed by atoms with Crippen LogP contribution in [-0.4, -0.2) is 34.9 Å². The number of carbonyl (C=O) groups excluding carboxylic acids is 1. The molecule has 27 heavy (non-hydrogen) atoms. The standard InChI is InChI=1S/C21H25N3O3/c1-14-9-18(27-23-14)11-17-12-26-13-19(17)22-21(25)7-8-24-15(2)10-16-5-3-4-6-20(16)24/h3-6,9-10,17,19H,7-8,11-13H2,1-2H3,(H,22,25)/t17-,19+/m1/s1. The third-order valence-corrected chi connectivity index (χ3v) is 5.27. The Morgan fingerprint density at radius 2 is 2.11 bits per heavy atom. The van der Waals surface area contributed by atoms with Gasteiger partial charge in [0.05, 0.1) is 24.9 Å². The lowest BCUT2D eigenvalue weighted by molar-refractivity contribution is -0.122. The Balaban J connectivity index is 1.35. The monoisotopic (exact) mass is 367 g/mol. The molecule has 2 aromatic heterocycles. The van der Waals surface area contributed by atoms with E-state index in [9.17, 15) is 4.79 Å². The molecule has 1 N–H and O–H groups in total. The third-order valence-electron chi connectivity index (χ3n) is 5.27. The van der Waals surface area contributed by atoms with E-state index in [1.807, 2.05) is 25.1 Å². The van der Waals surface area contributed by atoms with Crippen LogP contribution in [0.2, 0.25) is 0 Å². The predicted molar refractivity (Wildman–Crippen MR) is 102 cm³/mol. The highest BCUT2D eigenvalue weighted by molar-refractivity contribution is 5.81. The molecule has 3 heterocycles. The molecule has 0 radical (unpaired) electrons. The zero-order chi connectivity index (χ0) is 18.8. The molecule has 6 nitrogen and oxygen atoms in total. The van der Waals surface area contributed by atoms with Crippen LogP contribution in [0, 0.1) is 19.8 Å². The minimum atomic E-state index is 0.0189. The number of carbonyl (C=O) groups is 1. The number of fused-ring (bicyclic) bond motifs is 1. The number of hydrogen-bond donors (Lipinski definition) is 1. The summed E-state index contributed by atoms with van der Waals surface area (Å²) in [5.74, 6) is 1.12. The molecule has 1 saturated heterocycles. The number of para-hydroxylation sites is 1. The fourth-order valence-electron chi connectivity index (χ4n) is 3.87. The molecular formula is C21H25N3O3. The average molecular weight is 367 g/mol. The summed E-state index contributed by atoms with van der Waals surface area (Å²) in [4.78, 5) is 12.5. The second-order valence-corrected chi connectivity index (χ2v) is 7.36. The Labute approximate surface area is 158 Å². The van der Waals surface area contributed by atoms with Gasteiger partial charge in [-0.2, -0.15) is 0 Å². The Morgan fingerprint density at radius 3 is 2.93 bits per heavy atom. The Bertz CT molecular complexity index is 943. The second kappa shape index (κ2) is 7.56. The van der Waals surface area contributed by atoms with Gasteiger partial charge in [-0.25, -0.2) is 0 Å². The summed E-state index contributed by atoms with van der Waals surface area (Å²) >= 11 is 0. The van der Waals surface area contributed by atoms with Crippen LogP contribution >= 0.6 is 0 Å². The topological polar surface area (TPSA) is 69.3 Å². The number of aryl methyl sites for hydroxylation is 3. The Kier molecular flexibility index (Phi) is 4.99. The van der Waals surface area contributed by atoms with Crippen LogP contribution in [0.4, 0.5) is 0 Å². The molecule has 3 aromatic rings. The molecule has 1 amide bonds. The molecule has 1 aliphatic heterocycles. The van der Waals surface area contributed by atoms with E-state index in [-0.39, 0.29) is 17.9 Å². The van der Waals surface area contributed by atoms with Crippen LogP contribution < -0.4 is 5.32 Å². The fourth-order valence-corrected chi connectivity index (χ4v) is 3.87. The van der Waals surface area contributed by atoms with Gasteiger partial charge in [0.1, 0.15) is 5.76 Å². The zero-order valence-corrected chi connectivity index (χ0v) is 15.8. The molecule has 0 aliphatic carbocycles. The van der Waals surface area contributed by atoms with Gasteiger partial charge in [-0.1, -0.05) is 23.4 Å². The summed E-state index contributed by atoms with van der Waals surface area (Å²) in [6.45, 7) is 5.84. The molecule has 1 fully saturated rings. The van der Waals surface area contributed by atoms with Crippen molar-refractivity contribution < 1.29 is 14.1 Å². The number of amides is 1. The van der Waals surface area contributed by atoms with Crippen molar-refractivity contribution in [3.63, 3.8) is 0 Å². The fraction of sp³-hybridized carbons (Fsp3) is 0.429. The predicted octanol–water partition coefficient (Wildman–Crippen LogP) is 3.01. The maximum Gasteiger partial charge on any atom is 0.222 e. The van der Waals surface area contributed by atoms with Crippen LogP contribution in [0.15, 0.2) is 40.9 Å². The number of nitrogens with zero attached hydrogens (tertiary/aromatic N) is 2. The van der Waals surface area contributed by atoms with Crippen LogP contribution in [0.5, 0.6) is 0 Å². The van der Waals surface area contributed by atoms with E-state index >= 15 is 0 Å². The van der Waals surface area contributed by atoms with Crippen LogP contribution in [0.3, 0.4) is 0 Å². The van der Waals surface area contributed by atoms with E-state index in [0.29, 0.717) is 26.2 Å². The number of benzene rings is 1. The summed E-state index contributed by atoms with van der Waals surface area (Å²) in [5, 5.41) is 8.29. The van der Waals surface area contributed by atoms with Crippen molar-refractivity contribution in [2.24, 2.45) is 5.92 Å². The van der Waals surface area contributed by atoms with Gasteiger partial charge in [-0.05, 0) is 31.4 Å². The van der Waals surface area contributed by atoms with Crippen molar-refractivity contribution in [3.05, 3.63) is 53.5 Å². The first-order valence-corrected chi connectivity index (χ1v) is 9.44. The summed E-state index contributed by atoms with van der Waals surface area (Å²) < 4.78 is 13.1. The number of nitrogens with one attached hydrogen (secondary N) is 1. The van der Waals surface area contributed by atoms with E-state index in [1.54, 1.807) is 0 Å². The molecule has 4 rings (SSSR count). The van der Waals surface area contributed by atoms with E-state index in [4.69, 9.17) is 9.26 Å². The summed E-state index contributed by atoms with van der Waals surface area (Å²) in [7, 11) is 0. The van der Waals surface area contributed by atoms with Crippen LogP contribution in [0.1, 0.15) is 23.6 Å². The lowest BCUT2D eigenvalue weighted by Gasteiger charge is -2.18. The van der Waals surface area contributed by atoms with Gasteiger partial charge in [-0.15, -0.1) is 0 Å². The molecule has 0 bridgehead atoms. The molecule has 0 spiro atoms.